The van der Waals surface area contributed by atoms with Gasteiger partial charge in [-0.3, -0.25) is 15.3 Å². The van der Waals surface area contributed by atoms with Gasteiger partial charge in [0.1, 0.15) is 5.82 Å². The molecule has 29 heavy (non-hydrogen) atoms. The first kappa shape index (κ1) is 15.6. The Labute approximate surface area is 162 Å². The van der Waals surface area contributed by atoms with Crippen molar-refractivity contribution < 1.29 is 0 Å². The number of anilines is 4. The molecule has 10 heteroatoms. The van der Waals surface area contributed by atoms with Crippen molar-refractivity contribution in [2.45, 2.75) is 0 Å². The van der Waals surface area contributed by atoms with Gasteiger partial charge in [0.2, 0.25) is 5.95 Å². The number of fused-ring (bicyclic) bond motifs is 3. The largest absolute Gasteiger partial charge is 0.339 e. The van der Waals surface area contributed by atoms with Crippen LogP contribution in [0.15, 0.2) is 55.0 Å². The Hall–Kier alpha value is -4.47. The lowest BCUT2D eigenvalue weighted by Crippen LogP contribution is -2.02. The molecule has 6 rings (SSSR count). The Kier molecular flexibility index (Phi) is 3.23. The van der Waals surface area contributed by atoms with Gasteiger partial charge >= 0.3 is 0 Å². The molecule has 0 fully saturated rings. The van der Waals surface area contributed by atoms with Gasteiger partial charge in [-0.25, -0.2) is 0 Å². The van der Waals surface area contributed by atoms with Crippen LogP contribution >= 0.6 is 0 Å². The number of benzene rings is 2. The van der Waals surface area contributed by atoms with Crippen LogP contribution in [0.3, 0.4) is 0 Å². The van der Waals surface area contributed by atoms with Crippen molar-refractivity contribution in [1.29, 1.82) is 0 Å². The van der Waals surface area contributed by atoms with E-state index in [9.17, 15) is 0 Å². The SMILES string of the molecule is c1cc2[nH]ncc2cc1Nc1nc(Nc2ccc3[nH]ncc3c2)c2cn[nH]c2n1. The van der Waals surface area contributed by atoms with Crippen LogP contribution in [0.2, 0.25) is 0 Å². The zero-order chi connectivity index (χ0) is 19.2. The van der Waals surface area contributed by atoms with E-state index in [1.165, 1.54) is 0 Å². The van der Waals surface area contributed by atoms with Crippen LogP contribution in [-0.2, 0) is 0 Å². The minimum atomic E-state index is 0.455. The molecule has 2 aromatic carbocycles. The fourth-order valence-electron chi connectivity index (χ4n) is 3.29. The fraction of sp³-hybridized carbons (Fsp3) is 0. The maximum absolute atomic E-state index is 4.66. The molecule has 5 N–H and O–H groups in total. The molecule has 0 unspecified atom stereocenters. The number of aromatic amines is 3. The average molecular weight is 382 g/mol. The summed E-state index contributed by atoms with van der Waals surface area (Å²) in [6, 6.07) is 11.8. The standard InChI is InChI=1S/C19H14N10/c1-3-15-10(7-20-27-15)5-12(1)23-17-14-9-22-29-18(14)26-19(25-17)24-13-2-4-16-11(6-13)8-21-28-16/h1-9H,(H,20,27)(H,21,28)(H3,22,23,24,25,26,29). The van der Waals surface area contributed by atoms with E-state index in [0.717, 1.165) is 38.6 Å². The van der Waals surface area contributed by atoms with E-state index in [2.05, 4.69) is 51.2 Å². The van der Waals surface area contributed by atoms with E-state index in [4.69, 9.17) is 0 Å². The second kappa shape index (κ2) is 6.02. The van der Waals surface area contributed by atoms with E-state index in [1.54, 1.807) is 18.6 Å². The molecular weight excluding hydrogens is 368 g/mol. The average Bonchev–Trinajstić information content (AvgIpc) is 3.47. The smallest absolute Gasteiger partial charge is 0.231 e. The molecule has 0 saturated carbocycles. The minimum absolute atomic E-state index is 0.455. The lowest BCUT2D eigenvalue weighted by molar-refractivity contribution is 1.09. The predicted molar refractivity (Wildman–Crippen MR) is 110 cm³/mol. The van der Waals surface area contributed by atoms with Crippen molar-refractivity contribution in [3.05, 3.63) is 55.0 Å². The van der Waals surface area contributed by atoms with Gasteiger partial charge in [0.05, 0.1) is 35.0 Å². The Morgan fingerprint density at radius 2 is 1.31 bits per heavy atom. The molecule has 4 aromatic heterocycles. The van der Waals surface area contributed by atoms with Gasteiger partial charge in [0.25, 0.3) is 0 Å². The molecule has 0 aliphatic heterocycles. The number of hydrogen-bond donors (Lipinski definition) is 5. The van der Waals surface area contributed by atoms with Gasteiger partial charge < -0.3 is 10.6 Å². The van der Waals surface area contributed by atoms with Crippen LogP contribution in [0.1, 0.15) is 0 Å². The van der Waals surface area contributed by atoms with Crippen LogP contribution in [0, 0.1) is 0 Å². The highest BCUT2D eigenvalue weighted by atomic mass is 15.2. The zero-order valence-corrected chi connectivity index (χ0v) is 14.9. The summed E-state index contributed by atoms with van der Waals surface area (Å²) in [5, 5.41) is 30.4. The van der Waals surface area contributed by atoms with Crippen molar-refractivity contribution in [3.63, 3.8) is 0 Å². The van der Waals surface area contributed by atoms with Crippen LogP contribution in [0.25, 0.3) is 32.8 Å². The van der Waals surface area contributed by atoms with Gasteiger partial charge in [-0.2, -0.15) is 25.3 Å². The molecular formula is C19H14N10. The summed E-state index contributed by atoms with van der Waals surface area (Å²) in [5.41, 5.74) is 4.34. The molecule has 0 bridgehead atoms. The molecule has 140 valence electrons. The molecule has 0 saturated heterocycles. The van der Waals surface area contributed by atoms with E-state index >= 15 is 0 Å². The summed E-state index contributed by atoms with van der Waals surface area (Å²) in [6.45, 7) is 0. The lowest BCUT2D eigenvalue weighted by Gasteiger charge is -2.10. The Balaban J connectivity index is 1.38. The highest BCUT2D eigenvalue weighted by Gasteiger charge is 2.11. The first-order valence-electron chi connectivity index (χ1n) is 8.93. The molecule has 10 nitrogen and oxygen atoms in total. The van der Waals surface area contributed by atoms with Gasteiger partial charge in [-0.05, 0) is 36.4 Å². The van der Waals surface area contributed by atoms with Crippen molar-refractivity contribution in [1.82, 2.24) is 40.6 Å². The molecule has 0 aliphatic carbocycles. The third-order valence-corrected chi connectivity index (χ3v) is 4.71. The minimum Gasteiger partial charge on any atom is -0.339 e. The number of hydrogen-bond acceptors (Lipinski definition) is 7. The van der Waals surface area contributed by atoms with Crippen molar-refractivity contribution in [2.75, 3.05) is 10.6 Å². The monoisotopic (exact) mass is 382 g/mol. The first-order chi connectivity index (χ1) is 14.3. The quantitative estimate of drug-likeness (QED) is 0.314. The van der Waals surface area contributed by atoms with Gasteiger partial charge in [0.15, 0.2) is 5.65 Å². The van der Waals surface area contributed by atoms with Crippen molar-refractivity contribution in [3.8, 4) is 0 Å². The molecule has 0 aliphatic rings. The summed E-state index contributed by atoms with van der Waals surface area (Å²) in [5.74, 6) is 1.11. The zero-order valence-electron chi connectivity index (χ0n) is 14.9. The predicted octanol–water partition coefficient (Wildman–Crippen LogP) is 3.59. The number of H-pyrrole nitrogens is 3. The summed E-state index contributed by atoms with van der Waals surface area (Å²) in [4.78, 5) is 9.18. The molecule has 6 aromatic rings. The highest BCUT2D eigenvalue weighted by Crippen LogP contribution is 2.27. The van der Waals surface area contributed by atoms with E-state index in [0.29, 0.717) is 17.4 Å². The Morgan fingerprint density at radius 3 is 2.03 bits per heavy atom. The summed E-state index contributed by atoms with van der Waals surface area (Å²) >= 11 is 0. The number of aromatic nitrogens is 8. The molecule has 4 heterocycles. The van der Waals surface area contributed by atoms with E-state index < -0.39 is 0 Å². The van der Waals surface area contributed by atoms with Crippen molar-refractivity contribution in [2.24, 2.45) is 0 Å². The first-order valence-corrected chi connectivity index (χ1v) is 8.93. The maximum Gasteiger partial charge on any atom is 0.231 e. The highest BCUT2D eigenvalue weighted by molar-refractivity contribution is 5.91. The second-order valence-electron chi connectivity index (χ2n) is 6.62. The fourth-order valence-corrected chi connectivity index (χ4v) is 3.29. The Bertz CT molecular complexity index is 1470. The lowest BCUT2D eigenvalue weighted by atomic mass is 10.2. The van der Waals surface area contributed by atoms with Crippen LogP contribution in [0.5, 0.6) is 0 Å². The molecule has 0 atom stereocenters. The third kappa shape index (κ3) is 2.70. The van der Waals surface area contributed by atoms with Crippen LogP contribution < -0.4 is 10.6 Å². The second-order valence-corrected chi connectivity index (χ2v) is 6.62. The Morgan fingerprint density at radius 1 is 0.655 bits per heavy atom. The van der Waals surface area contributed by atoms with Crippen LogP contribution in [-0.4, -0.2) is 40.6 Å². The van der Waals surface area contributed by atoms with E-state index in [-0.39, 0.29) is 0 Å². The van der Waals surface area contributed by atoms with Crippen molar-refractivity contribution >= 4 is 56.0 Å². The molecule has 0 spiro atoms. The van der Waals surface area contributed by atoms with Crippen LogP contribution in [0.4, 0.5) is 23.1 Å². The summed E-state index contributed by atoms with van der Waals surface area (Å²) < 4.78 is 0. The topological polar surface area (TPSA) is 136 Å². The summed E-state index contributed by atoms with van der Waals surface area (Å²) in [6.07, 6.45) is 5.26. The molecule has 0 amide bonds. The van der Waals surface area contributed by atoms with Gasteiger partial charge in [-0.1, -0.05) is 0 Å². The van der Waals surface area contributed by atoms with E-state index in [1.807, 2.05) is 36.4 Å². The van der Waals surface area contributed by atoms with Gasteiger partial charge in [0, 0.05) is 22.1 Å². The maximum atomic E-state index is 4.66. The molecule has 0 radical (unpaired) electrons. The number of nitrogens with zero attached hydrogens (tertiary/aromatic N) is 5. The number of rotatable bonds is 4. The normalized spacial score (nSPS) is 11.4. The van der Waals surface area contributed by atoms with Gasteiger partial charge in [-0.15, -0.1) is 0 Å². The summed E-state index contributed by atoms with van der Waals surface area (Å²) in [7, 11) is 0. The third-order valence-electron chi connectivity index (χ3n) is 4.71. The number of nitrogens with one attached hydrogen (secondary N) is 5.